The number of amides is 2. The predicted octanol–water partition coefficient (Wildman–Crippen LogP) is 3.33. The van der Waals surface area contributed by atoms with Gasteiger partial charge in [-0.3, -0.25) is 20.0 Å². The van der Waals surface area contributed by atoms with Crippen LogP contribution in [0.2, 0.25) is 5.02 Å². The van der Waals surface area contributed by atoms with Crippen LogP contribution in [-0.2, 0) is 4.79 Å². The first kappa shape index (κ1) is 18.8. The van der Waals surface area contributed by atoms with E-state index in [2.05, 4.69) is 10.7 Å². The Hall–Kier alpha value is -2.53. The Labute approximate surface area is 152 Å². The maximum atomic E-state index is 12.1. The van der Waals surface area contributed by atoms with Gasteiger partial charge in [0.15, 0.2) is 0 Å². The zero-order valence-electron chi connectivity index (χ0n) is 14.4. The van der Waals surface area contributed by atoms with Gasteiger partial charge in [0, 0.05) is 19.5 Å². The van der Waals surface area contributed by atoms with Crippen molar-refractivity contribution in [2.24, 2.45) is 0 Å². The van der Waals surface area contributed by atoms with E-state index in [1.54, 1.807) is 29.3 Å². The van der Waals surface area contributed by atoms with Crippen LogP contribution in [0.1, 0.15) is 29.3 Å². The Morgan fingerprint density at radius 1 is 1.08 bits per heavy atom. The molecule has 25 heavy (non-hydrogen) atoms. The van der Waals surface area contributed by atoms with E-state index in [1.807, 2.05) is 38.1 Å². The third kappa shape index (κ3) is 5.50. The fourth-order valence-corrected chi connectivity index (χ4v) is 2.51. The van der Waals surface area contributed by atoms with E-state index in [1.165, 1.54) is 0 Å². The van der Waals surface area contributed by atoms with Crippen molar-refractivity contribution in [1.82, 2.24) is 10.7 Å². The van der Waals surface area contributed by atoms with E-state index in [0.29, 0.717) is 17.1 Å². The summed E-state index contributed by atoms with van der Waals surface area (Å²) in [6, 6.07) is 14.7. The number of nitrogens with one attached hydrogen (secondary N) is 2. The summed E-state index contributed by atoms with van der Waals surface area (Å²) in [6.45, 7) is 4.85. The molecule has 0 saturated heterocycles. The minimum absolute atomic E-state index is 0.165. The molecule has 0 bridgehead atoms. The first-order chi connectivity index (χ1) is 12.0. The summed E-state index contributed by atoms with van der Waals surface area (Å²) in [5, 5.41) is 4.87. The zero-order chi connectivity index (χ0) is 18.2. The van der Waals surface area contributed by atoms with Crippen molar-refractivity contribution < 1.29 is 9.59 Å². The molecular weight excluding hydrogens is 338 g/mol. The maximum Gasteiger partial charge on any atom is 0.252 e. The molecule has 6 heteroatoms. The number of benzene rings is 2. The minimum Gasteiger partial charge on any atom is -0.351 e. The van der Waals surface area contributed by atoms with Crippen molar-refractivity contribution in [3.8, 4) is 0 Å². The molecule has 0 heterocycles. The highest BCUT2D eigenvalue weighted by Gasteiger charge is 2.11. The molecule has 5 nitrogen and oxygen atoms in total. The van der Waals surface area contributed by atoms with Crippen molar-refractivity contribution >= 4 is 29.1 Å². The lowest BCUT2D eigenvalue weighted by molar-refractivity contribution is -0.121. The van der Waals surface area contributed by atoms with Crippen LogP contribution in [0.3, 0.4) is 0 Å². The second kappa shape index (κ2) is 9.08. The summed E-state index contributed by atoms with van der Waals surface area (Å²) in [7, 11) is 0. The minimum atomic E-state index is -0.288. The van der Waals surface area contributed by atoms with Crippen LogP contribution in [0.25, 0.3) is 0 Å². The van der Waals surface area contributed by atoms with Crippen molar-refractivity contribution in [2.75, 3.05) is 18.1 Å². The Kier molecular flexibility index (Phi) is 6.83. The van der Waals surface area contributed by atoms with E-state index in [-0.39, 0.29) is 24.8 Å². The first-order valence-electron chi connectivity index (χ1n) is 8.17. The lowest BCUT2D eigenvalue weighted by atomic mass is 10.2. The Bertz CT molecular complexity index is 732. The molecule has 0 spiro atoms. The number of halogens is 1. The molecule has 2 N–H and O–H groups in total. The van der Waals surface area contributed by atoms with Crippen molar-refractivity contribution in [1.29, 1.82) is 0 Å². The van der Waals surface area contributed by atoms with Gasteiger partial charge in [-0.1, -0.05) is 41.4 Å². The first-order valence-corrected chi connectivity index (χ1v) is 8.55. The highest BCUT2D eigenvalue weighted by molar-refractivity contribution is 6.33. The van der Waals surface area contributed by atoms with E-state index < -0.39 is 0 Å². The molecule has 2 aromatic rings. The molecule has 2 amide bonds. The summed E-state index contributed by atoms with van der Waals surface area (Å²) in [5.41, 5.74) is 5.33. The summed E-state index contributed by atoms with van der Waals surface area (Å²) >= 11 is 5.98. The van der Waals surface area contributed by atoms with Gasteiger partial charge in [-0.25, -0.2) is 0 Å². The highest BCUT2D eigenvalue weighted by Crippen LogP contribution is 2.14. The molecule has 0 aliphatic heterocycles. The second-order valence-corrected chi connectivity index (χ2v) is 6.01. The number of anilines is 1. The normalized spacial score (nSPS) is 10.2. The number of hydrogen-bond acceptors (Lipinski definition) is 3. The van der Waals surface area contributed by atoms with Crippen LogP contribution < -0.4 is 15.8 Å². The third-order valence-corrected chi connectivity index (χ3v) is 4.01. The van der Waals surface area contributed by atoms with Crippen molar-refractivity contribution in [3.05, 3.63) is 64.7 Å². The van der Waals surface area contributed by atoms with E-state index in [4.69, 9.17) is 11.6 Å². The smallest absolute Gasteiger partial charge is 0.252 e. The fraction of sp³-hybridized carbons (Fsp3) is 0.263. The van der Waals surface area contributed by atoms with Crippen LogP contribution in [0, 0.1) is 6.92 Å². The number of nitrogens with zero attached hydrogens (tertiary/aromatic N) is 1. The number of rotatable bonds is 7. The number of carbonyl (C=O) groups excluding carboxylic acids is 2. The molecule has 0 aliphatic carbocycles. The molecular formula is C19H22ClN3O2. The predicted molar refractivity (Wildman–Crippen MR) is 101 cm³/mol. The Morgan fingerprint density at radius 3 is 2.40 bits per heavy atom. The van der Waals surface area contributed by atoms with Gasteiger partial charge in [-0.05, 0) is 38.1 Å². The molecule has 0 aliphatic rings. The summed E-state index contributed by atoms with van der Waals surface area (Å²) < 4.78 is 0. The highest BCUT2D eigenvalue weighted by atomic mass is 35.5. The molecule has 0 radical (unpaired) electrons. The van der Waals surface area contributed by atoms with Gasteiger partial charge in [0.2, 0.25) is 5.91 Å². The lowest BCUT2D eigenvalue weighted by Gasteiger charge is -2.24. The summed E-state index contributed by atoms with van der Waals surface area (Å²) in [4.78, 5) is 24.1. The average Bonchev–Trinajstić information content (AvgIpc) is 2.61. The number of aryl methyl sites for hydroxylation is 1. The molecule has 0 atom stereocenters. The molecule has 0 fully saturated rings. The van der Waals surface area contributed by atoms with Gasteiger partial charge < -0.3 is 5.32 Å². The fourth-order valence-electron chi connectivity index (χ4n) is 2.29. The van der Waals surface area contributed by atoms with E-state index in [9.17, 15) is 9.59 Å². The zero-order valence-corrected chi connectivity index (χ0v) is 15.1. The van der Waals surface area contributed by atoms with E-state index in [0.717, 1.165) is 11.3 Å². The van der Waals surface area contributed by atoms with Crippen LogP contribution >= 0.6 is 11.6 Å². The molecule has 2 aromatic carbocycles. The Morgan fingerprint density at radius 2 is 1.76 bits per heavy atom. The van der Waals surface area contributed by atoms with Gasteiger partial charge >= 0.3 is 0 Å². The van der Waals surface area contributed by atoms with Gasteiger partial charge in [0.25, 0.3) is 5.91 Å². The maximum absolute atomic E-state index is 12.1. The Balaban J connectivity index is 1.82. The molecule has 0 saturated carbocycles. The summed E-state index contributed by atoms with van der Waals surface area (Å²) in [6.07, 6.45) is 0.179. The van der Waals surface area contributed by atoms with Crippen LogP contribution in [0.5, 0.6) is 0 Å². The molecule has 0 aromatic heterocycles. The largest absolute Gasteiger partial charge is 0.351 e. The van der Waals surface area contributed by atoms with Gasteiger partial charge in [0.1, 0.15) is 0 Å². The van der Waals surface area contributed by atoms with Crippen LogP contribution in [0.15, 0.2) is 48.5 Å². The SMILES string of the molecule is CCN(NC(=O)CCNC(=O)c1ccccc1Cl)c1ccc(C)cc1. The second-order valence-electron chi connectivity index (χ2n) is 5.60. The van der Waals surface area contributed by atoms with Crippen LogP contribution in [-0.4, -0.2) is 24.9 Å². The van der Waals surface area contributed by atoms with Crippen LogP contribution in [0.4, 0.5) is 5.69 Å². The van der Waals surface area contributed by atoms with Gasteiger partial charge in [0.05, 0.1) is 16.3 Å². The number of carbonyl (C=O) groups is 2. The van der Waals surface area contributed by atoms with Gasteiger partial charge in [-0.15, -0.1) is 0 Å². The van der Waals surface area contributed by atoms with Crippen molar-refractivity contribution in [3.63, 3.8) is 0 Å². The third-order valence-electron chi connectivity index (χ3n) is 3.68. The quantitative estimate of drug-likeness (QED) is 0.745. The average molecular weight is 360 g/mol. The standard InChI is InChI=1S/C19H22ClN3O2/c1-3-23(15-10-8-14(2)9-11-15)22-18(24)12-13-21-19(25)16-6-4-5-7-17(16)20/h4-11H,3,12-13H2,1-2H3,(H,21,25)(H,22,24). The molecule has 132 valence electrons. The van der Waals surface area contributed by atoms with Crippen molar-refractivity contribution in [2.45, 2.75) is 20.3 Å². The number of hydrogen-bond donors (Lipinski definition) is 2. The lowest BCUT2D eigenvalue weighted by Crippen LogP contribution is -2.43. The molecule has 2 rings (SSSR count). The number of hydrazine groups is 1. The van der Waals surface area contributed by atoms with E-state index >= 15 is 0 Å². The van der Waals surface area contributed by atoms with Gasteiger partial charge in [-0.2, -0.15) is 0 Å². The summed E-state index contributed by atoms with van der Waals surface area (Å²) in [5.74, 6) is -0.453. The monoisotopic (exact) mass is 359 g/mol. The topological polar surface area (TPSA) is 61.4 Å². The molecule has 0 unspecified atom stereocenters.